The largest absolute Gasteiger partial charge is 0.495 e. The maximum absolute atomic E-state index is 15.1. The van der Waals surface area contributed by atoms with Gasteiger partial charge in [-0.15, -0.1) is 0 Å². The molecule has 0 amide bonds. The number of fused-ring (bicyclic) bond motifs is 1. The van der Waals surface area contributed by atoms with Gasteiger partial charge in [-0.3, -0.25) is 15.0 Å². The Kier molecular flexibility index (Phi) is 4.81. The van der Waals surface area contributed by atoms with Crippen LogP contribution in [0.1, 0.15) is 10.6 Å². The Balaban J connectivity index is 2.04. The lowest BCUT2D eigenvalue weighted by atomic mass is 10.0. The number of Topliss-reactive ketones (excluding diaryl/α,β-unsaturated/α-hetero) is 1. The summed E-state index contributed by atoms with van der Waals surface area (Å²) in [4.78, 5) is 16.4. The Bertz CT molecular complexity index is 1210. The zero-order valence-electron chi connectivity index (χ0n) is 15.7. The minimum absolute atomic E-state index is 0.0429. The van der Waals surface area contributed by atoms with Crippen LogP contribution >= 0.6 is 11.6 Å². The molecule has 0 aliphatic heterocycles. The summed E-state index contributed by atoms with van der Waals surface area (Å²) in [7, 11) is 4.49. The molecule has 9 nitrogen and oxygen atoms in total. The van der Waals surface area contributed by atoms with Crippen molar-refractivity contribution in [3.05, 3.63) is 35.1 Å². The molecule has 0 aliphatic carbocycles. The van der Waals surface area contributed by atoms with Gasteiger partial charge in [-0.25, -0.2) is 9.37 Å². The number of rotatable bonds is 6. The molecule has 2 N–H and O–H groups in total. The lowest BCUT2D eigenvalue weighted by Gasteiger charge is -2.06. The fourth-order valence-electron chi connectivity index (χ4n) is 3.30. The Morgan fingerprint density at radius 1 is 1.38 bits per heavy atom. The molecule has 11 heteroatoms. The molecule has 1 aromatic carbocycles. The van der Waals surface area contributed by atoms with E-state index in [9.17, 15) is 4.79 Å². The van der Waals surface area contributed by atoms with Crippen LogP contribution in [0.2, 0.25) is 5.02 Å². The van der Waals surface area contributed by atoms with Crippen LogP contribution in [0.25, 0.3) is 33.5 Å². The van der Waals surface area contributed by atoms with Crippen molar-refractivity contribution in [2.24, 2.45) is 7.05 Å². The SMILES string of the molecule is COCC(=O)c1nc(-c2c(-c3cn[nH]c3)c3cc(OC)c(Cl)c(F)c3n2C)n[nH]1. The van der Waals surface area contributed by atoms with E-state index in [0.29, 0.717) is 22.2 Å². The van der Waals surface area contributed by atoms with Crippen LogP contribution in [-0.2, 0) is 11.8 Å². The van der Waals surface area contributed by atoms with Gasteiger partial charge in [0.1, 0.15) is 17.4 Å². The molecule has 3 aromatic heterocycles. The molecule has 4 rings (SSSR count). The van der Waals surface area contributed by atoms with E-state index >= 15 is 4.39 Å². The average molecular weight is 419 g/mol. The topological polar surface area (TPSA) is 111 Å². The first kappa shape index (κ1) is 19.1. The molecular formula is C18H16ClFN6O3. The van der Waals surface area contributed by atoms with Gasteiger partial charge in [0.05, 0.1) is 24.5 Å². The van der Waals surface area contributed by atoms with Crippen LogP contribution in [0.4, 0.5) is 4.39 Å². The predicted octanol–water partition coefficient (Wildman–Crippen LogP) is 2.98. The summed E-state index contributed by atoms with van der Waals surface area (Å²) in [5.41, 5.74) is 2.03. The third-order valence-electron chi connectivity index (χ3n) is 4.57. The highest BCUT2D eigenvalue weighted by Gasteiger charge is 2.27. The smallest absolute Gasteiger partial charge is 0.225 e. The third kappa shape index (κ3) is 2.97. The number of hydrogen-bond acceptors (Lipinski definition) is 6. The van der Waals surface area contributed by atoms with E-state index in [-0.39, 0.29) is 40.3 Å². The minimum atomic E-state index is -0.634. The maximum Gasteiger partial charge on any atom is 0.225 e. The number of carbonyl (C=O) groups excluding carboxylic acids is 1. The van der Waals surface area contributed by atoms with Crippen molar-refractivity contribution in [2.75, 3.05) is 20.8 Å². The number of aromatic nitrogens is 6. The second-order valence-electron chi connectivity index (χ2n) is 6.24. The van der Waals surface area contributed by atoms with E-state index in [4.69, 9.17) is 21.1 Å². The molecule has 0 spiro atoms. The van der Waals surface area contributed by atoms with E-state index < -0.39 is 5.82 Å². The highest BCUT2D eigenvalue weighted by Crippen LogP contribution is 2.44. The van der Waals surface area contributed by atoms with Gasteiger partial charge in [-0.1, -0.05) is 11.6 Å². The van der Waals surface area contributed by atoms with Crippen LogP contribution in [0, 0.1) is 5.82 Å². The summed E-state index contributed by atoms with van der Waals surface area (Å²) in [6.07, 6.45) is 3.27. The molecule has 0 unspecified atom stereocenters. The van der Waals surface area contributed by atoms with Crippen molar-refractivity contribution in [1.29, 1.82) is 0 Å². The van der Waals surface area contributed by atoms with E-state index in [1.54, 1.807) is 30.1 Å². The van der Waals surface area contributed by atoms with E-state index in [1.165, 1.54) is 14.2 Å². The molecule has 0 atom stereocenters. The van der Waals surface area contributed by atoms with Gasteiger partial charge >= 0.3 is 0 Å². The number of ketones is 1. The van der Waals surface area contributed by atoms with Crippen molar-refractivity contribution < 1.29 is 18.7 Å². The minimum Gasteiger partial charge on any atom is -0.495 e. The number of nitrogens with one attached hydrogen (secondary N) is 2. The summed E-state index contributed by atoms with van der Waals surface area (Å²) >= 11 is 6.13. The molecule has 0 bridgehead atoms. The van der Waals surface area contributed by atoms with Crippen molar-refractivity contribution in [1.82, 2.24) is 29.9 Å². The third-order valence-corrected chi connectivity index (χ3v) is 4.92. The average Bonchev–Trinajstić information content (AvgIpc) is 3.43. The number of methoxy groups -OCH3 is 2. The van der Waals surface area contributed by atoms with E-state index in [2.05, 4.69) is 25.4 Å². The normalized spacial score (nSPS) is 11.3. The lowest BCUT2D eigenvalue weighted by Crippen LogP contribution is -2.08. The molecule has 3 heterocycles. The van der Waals surface area contributed by atoms with E-state index in [1.807, 2.05) is 0 Å². The van der Waals surface area contributed by atoms with Crippen LogP contribution in [0.15, 0.2) is 18.5 Å². The highest BCUT2D eigenvalue weighted by atomic mass is 35.5. The first-order valence-corrected chi connectivity index (χ1v) is 8.84. The van der Waals surface area contributed by atoms with Gasteiger partial charge in [-0.05, 0) is 6.07 Å². The first-order valence-electron chi connectivity index (χ1n) is 8.46. The van der Waals surface area contributed by atoms with Crippen LogP contribution in [-0.4, -0.2) is 56.6 Å². The number of hydrogen-bond donors (Lipinski definition) is 2. The fraction of sp³-hybridized carbons (Fsp3) is 0.222. The van der Waals surface area contributed by atoms with Gasteiger partial charge in [0.15, 0.2) is 17.5 Å². The second kappa shape index (κ2) is 7.30. The molecular weight excluding hydrogens is 403 g/mol. The Hall–Kier alpha value is -3.24. The molecule has 29 heavy (non-hydrogen) atoms. The van der Waals surface area contributed by atoms with E-state index in [0.717, 1.165) is 0 Å². The van der Waals surface area contributed by atoms with Gasteiger partial charge in [0.2, 0.25) is 5.78 Å². The molecule has 4 aromatic rings. The number of ether oxygens (including phenoxy) is 2. The number of benzene rings is 1. The fourth-order valence-corrected chi connectivity index (χ4v) is 3.52. The van der Waals surface area contributed by atoms with Gasteiger partial charge in [-0.2, -0.15) is 10.2 Å². The van der Waals surface area contributed by atoms with Crippen LogP contribution in [0.5, 0.6) is 5.75 Å². The van der Waals surface area contributed by atoms with Gasteiger partial charge in [0.25, 0.3) is 0 Å². The number of halogens is 2. The Morgan fingerprint density at radius 2 is 2.17 bits per heavy atom. The van der Waals surface area contributed by atoms with Crippen molar-refractivity contribution >= 4 is 28.3 Å². The molecule has 0 radical (unpaired) electrons. The quantitative estimate of drug-likeness (QED) is 0.466. The maximum atomic E-state index is 15.1. The first-order chi connectivity index (χ1) is 14.0. The standard InChI is InChI=1S/C18H16ClFN6O3/c1-26-15-9(4-11(29-3)13(19)14(15)20)12(8-5-21-22-6-8)16(26)18-23-17(24-25-18)10(27)7-28-2/h4-6H,7H2,1-3H3,(H,21,22)(H,23,24,25). The summed E-state index contributed by atoms with van der Waals surface area (Å²) in [6.45, 7) is -0.139. The monoisotopic (exact) mass is 418 g/mol. The second-order valence-corrected chi connectivity index (χ2v) is 6.61. The number of nitrogens with zero attached hydrogens (tertiary/aromatic N) is 4. The van der Waals surface area contributed by atoms with Crippen molar-refractivity contribution in [3.63, 3.8) is 0 Å². The lowest BCUT2D eigenvalue weighted by molar-refractivity contribution is 0.0838. The van der Waals surface area contributed by atoms with Crippen LogP contribution < -0.4 is 4.74 Å². The number of aryl methyl sites for hydroxylation is 1. The van der Waals surface area contributed by atoms with Gasteiger partial charge in [0, 0.05) is 36.9 Å². The zero-order valence-corrected chi connectivity index (χ0v) is 16.5. The summed E-state index contributed by atoms with van der Waals surface area (Å²) in [5.74, 6) is -0.531. The van der Waals surface area contributed by atoms with Crippen LogP contribution in [0.3, 0.4) is 0 Å². The number of aromatic amines is 2. The molecule has 150 valence electrons. The summed E-state index contributed by atoms with van der Waals surface area (Å²) in [6, 6.07) is 1.65. The molecule has 0 fully saturated rings. The summed E-state index contributed by atoms with van der Waals surface area (Å²) in [5, 5.41) is 13.9. The highest BCUT2D eigenvalue weighted by molar-refractivity contribution is 6.33. The summed E-state index contributed by atoms with van der Waals surface area (Å²) < 4.78 is 26.8. The number of H-pyrrole nitrogens is 2. The van der Waals surface area contributed by atoms with Gasteiger partial charge < -0.3 is 14.0 Å². The zero-order chi connectivity index (χ0) is 20.7. The van der Waals surface area contributed by atoms with Crippen molar-refractivity contribution in [2.45, 2.75) is 0 Å². The molecule has 0 saturated heterocycles. The molecule has 0 aliphatic rings. The Labute approximate surface area is 168 Å². The number of carbonyl (C=O) groups is 1. The predicted molar refractivity (Wildman–Crippen MR) is 104 cm³/mol. The van der Waals surface area contributed by atoms with Crippen molar-refractivity contribution in [3.8, 4) is 28.4 Å². The molecule has 0 saturated carbocycles. The Morgan fingerprint density at radius 3 is 2.83 bits per heavy atom.